The Bertz CT molecular complexity index is 550. The molecular formula is C11H14BrCl2NO3S. The Hall–Kier alpha value is 0.150. The molecule has 0 saturated carbocycles. The maximum Gasteiger partial charge on any atom is 0.244 e. The van der Waals surface area contributed by atoms with Crippen LogP contribution in [0.25, 0.3) is 0 Å². The number of hydrogen-bond donors (Lipinski definition) is 2. The van der Waals surface area contributed by atoms with Crippen molar-refractivity contribution in [2.45, 2.75) is 30.7 Å². The van der Waals surface area contributed by atoms with Gasteiger partial charge in [0.05, 0.1) is 22.2 Å². The number of hydrogen-bond acceptors (Lipinski definition) is 3. The maximum absolute atomic E-state index is 12.3. The SMILES string of the molecule is CCC(C)(CO)NS(=O)(=O)c1c(Cl)cc(Br)cc1Cl. The molecule has 19 heavy (non-hydrogen) atoms. The predicted octanol–water partition coefficient (Wildman–Crippen LogP) is 3.20. The minimum absolute atomic E-state index is 0.0169. The molecule has 1 atom stereocenters. The molecule has 0 spiro atoms. The highest BCUT2D eigenvalue weighted by atomic mass is 79.9. The topological polar surface area (TPSA) is 66.4 Å². The molecule has 1 aromatic carbocycles. The first-order chi connectivity index (χ1) is 8.65. The molecule has 108 valence electrons. The Morgan fingerprint density at radius 2 is 1.84 bits per heavy atom. The van der Waals surface area contributed by atoms with Crippen LogP contribution in [0.1, 0.15) is 20.3 Å². The van der Waals surface area contributed by atoms with Crippen molar-refractivity contribution in [3.8, 4) is 0 Å². The van der Waals surface area contributed by atoms with Gasteiger partial charge in [0.15, 0.2) is 0 Å². The number of aliphatic hydroxyl groups excluding tert-OH is 1. The van der Waals surface area contributed by atoms with Crippen molar-refractivity contribution < 1.29 is 13.5 Å². The van der Waals surface area contributed by atoms with E-state index < -0.39 is 15.6 Å². The van der Waals surface area contributed by atoms with Crippen molar-refractivity contribution in [1.29, 1.82) is 0 Å². The zero-order valence-corrected chi connectivity index (χ0v) is 14.3. The lowest BCUT2D eigenvalue weighted by atomic mass is 10.0. The summed E-state index contributed by atoms with van der Waals surface area (Å²) >= 11 is 15.1. The van der Waals surface area contributed by atoms with Crippen LogP contribution in [0.2, 0.25) is 10.0 Å². The third kappa shape index (κ3) is 4.06. The molecule has 0 aliphatic rings. The van der Waals surface area contributed by atoms with E-state index in [1.165, 1.54) is 12.1 Å². The van der Waals surface area contributed by atoms with Crippen LogP contribution in [0.15, 0.2) is 21.5 Å². The lowest BCUT2D eigenvalue weighted by molar-refractivity contribution is 0.191. The highest BCUT2D eigenvalue weighted by Gasteiger charge is 2.31. The highest BCUT2D eigenvalue weighted by molar-refractivity contribution is 9.10. The average molecular weight is 391 g/mol. The first-order valence-electron chi connectivity index (χ1n) is 5.44. The van der Waals surface area contributed by atoms with E-state index in [1.54, 1.807) is 13.8 Å². The Labute approximate surface area is 131 Å². The van der Waals surface area contributed by atoms with Crippen LogP contribution < -0.4 is 4.72 Å². The van der Waals surface area contributed by atoms with E-state index in [0.717, 1.165) is 0 Å². The zero-order chi connectivity index (χ0) is 14.8. The second kappa shape index (κ2) is 6.28. The van der Waals surface area contributed by atoms with Crippen LogP contribution in [0.3, 0.4) is 0 Å². The Balaban J connectivity index is 3.29. The van der Waals surface area contributed by atoms with Gasteiger partial charge < -0.3 is 5.11 Å². The second-order valence-corrected chi connectivity index (χ2v) is 7.73. The standard InChI is InChI=1S/C11H14BrCl2NO3S/c1-3-11(2,6-16)15-19(17,18)10-8(13)4-7(12)5-9(10)14/h4-5,15-16H,3,6H2,1-2H3. The van der Waals surface area contributed by atoms with Gasteiger partial charge in [-0.05, 0) is 25.5 Å². The minimum atomic E-state index is -3.91. The molecule has 1 aromatic rings. The van der Waals surface area contributed by atoms with Gasteiger partial charge in [0.2, 0.25) is 10.0 Å². The van der Waals surface area contributed by atoms with Gasteiger partial charge in [0, 0.05) is 4.47 Å². The van der Waals surface area contributed by atoms with Gasteiger partial charge in [-0.25, -0.2) is 13.1 Å². The van der Waals surface area contributed by atoms with Gasteiger partial charge in [0.25, 0.3) is 0 Å². The van der Waals surface area contributed by atoms with E-state index in [4.69, 9.17) is 23.2 Å². The zero-order valence-electron chi connectivity index (χ0n) is 10.4. The Morgan fingerprint density at radius 1 is 1.37 bits per heavy atom. The fraction of sp³-hybridized carbons (Fsp3) is 0.455. The molecule has 8 heteroatoms. The summed E-state index contributed by atoms with van der Waals surface area (Å²) in [6.45, 7) is 3.04. The fourth-order valence-corrected chi connectivity index (χ4v) is 4.79. The summed E-state index contributed by atoms with van der Waals surface area (Å²) in [5, 5.41) is 9.31. The number of rotatable bonds is 5. The van der Waals surface area contributed by atoms with Crippen LogP contribution in [0.4, 0.5) is 0 Å². The van der Waals surface area contributed by atoms with Crippen molar-refractivity contribution in [1.82, 2.24) is 4.72 Å². The molecule has 0 radical (unpaired) electrons. The summed E-state index contributed by atoms with van der Waals surface area (Å²) in [6, 6.07) is 2.90. The smallest absolute Gasteiger partial charge is 0.244 e. The Kier molecular flexibility index (Phi) is 5.69. The number of benzene rings is 1. The van der Waals surface area contributed by atoms with E-state index in [2.05, 4.69) is 20.7 Å². The average Bonchev–Trinajstić information content (AvgIpc) is 2.26. The summed E-state index contributed by atoms with van der Waals surface area (Å²) in [6.07, 6.45) is 0.425. The fourth-order valence-electron chi connectivity index (χ4n) is 1.38. The molecule has 0 aliphatic heterocycles. The van der Waals surface area contributed by atoms with Crippen molar-refractivity contribution in [2.75, 3.05) is 6.61 Å². The van der Waals surface area contributed by atoms with Gasteiger partial charge in [-0.15, -0.1) is 0 Å². The monoisotopic (exact) mass is 389 g/mol. The first kappa shape index (κ1) is 17.2. The van der Waals surface area contributed by atoms with Gasteiger partial charge >= 0.3 is 0 Å². The Morgan fingerprint density at radius 3 is 2.21 bits per heavy atom. The third-order valence-electron chi connectivity index (χ3n) is 2.74. The van der Waals surface area contributed by atoms with Gasteiger partial charge in [-0.1, -0.05) is 46.1 Å². The van der Waals surface area contributed by atoms with E-state index in [-0.39, 0.29) is 21.5 Å². The maximum atomic E-state index is 12.3. The van der Waals surface area contributed by atoms with Crippen molar-refractivity contribution >= 4 is 49.2 Å². The normalized spacial score (nSPS) is 15.3. The summed E-state index contributed by atoms with van der Waals surface area (Å²) in [5.41, 5.74) is -0.960. The van der Waals surface area contributed by atoms with Crippen LogP contribution >= 0.6 is 39.1 Å². The largest absolute Gasteiger partial charge is 0.394 e. The first-order valence-corrected chi connectivity index (χ1v) is 8.48. The molecule has 0 fully saturated rings. The van der Waals surface area contributed by atoms with Gasteiger partial charge in [0.1, 0.15) is 4.90 Å². The predicted molar refractivity (Wildman–Crippen MR) is 80.3 cm³/mol. The molecule has 1 rings (SSSR count). The molecule has 0 bridgehead atoms. The van der Waals surface area contributed by atoms with Crippen LogP contribution in [-0.2, 0) is 10.0 Å². The van der Waals surface area contributed by atoms with E-state index in [1.807, 2.05) is 0 Å². The quantitative estimate of drug-likeness (QED) is 0.811. The van der Waals surface area contributed by atoms with Crippen LogP contribution in [-0.4, -0.2) is 25.7 Å². The molecule has 4 nitrogen and oxygen atoms in total. The third-order valence-corrected chi connectivity index (χ3v) is 5.76. The number of nitrogens with one attached hydrogen (secondary N) is 1. The summed E-state index contributed by atoms with van der Waals surface area (Å²) in [7, 11) is -3.91. The van der Waals surface area contributed by atoms with Crippen molar-refractivity contribution in [2.24, 2.45) is 0 Å². The molecule has 0 aliphatic carbocycles. The number of aliphatic hydroxyl groups is 1. The molecule has 1 unspecified atom stereocenters. The van der Waals surface area contributed by atoms with Crippen molar-refractivity contribution in [3.63, 3.8) is 0 Å². The number of halogens is 3. The van der Waals surface area contributed by atoms with E-state index in [9.17, 15) is 13.5 Å². The van der Waals surface area contributed by atoms with Crippen LogP contribution in [0, 0.1) is 0 Å². The second-order valence-electron chi connectivity index (χ2n) is 4.38. The van der Waals surface area contributed by atoms with Gasteiger partial charge in [-0.2, -0.15) is 0 Å². The van der Waals surface area contributed by atoms with E-state index in [0.29, 0.717) is 10.9 Å². The molecule has 0 heterocycles. The summed E-state index contributed by atoms with van der Waals surface area (Å²) in [4.78, 5) is -0.188. The summed E-state index contributed by atoms with van der Waals surface area (Å²) < 4.78 is 27.6. The molecule has 0 aromatic heterocycles. The molecule has 0 amide bonds. The van der Waals surface area contributed by atoms with Gasteiger partial charge in [-0.3, -0.25) is 0 Å². The van der Waals surface area contributed by atoms with E-state index >= 15 is 0 Å². The molecule has 2 N–H and O–H groups in total. The molecule has 0 saturated heterocycles. The number of sulfonamides is 1. The minimum Gasteiger partial charge on any atom is -0.394 e. The lowest BCUT2D eigenvalue weighted by Gasteiger charge is -2.27. The van der Waals surface area contributed by atoms with Crippen molar-refractivity contribution in [3.05, 3.63) is 26.7 Å². The summed E-state index contributed by atoms with van der Waals surface area (Å²) in [5.74, 6) is 0. The molecular weight excluding hydrogens is 377 g/mol. The lowest BCUT2D eigenvalue weighted by Crippen LogP contribution is -2.48. The van der Waals surface area contributed by atoms with Crippen LogP contribution in [0.5, 0.6) is 0 Å². The highest BCUT2D eigenvalue weighted by Crippen LogP contribution is 2.33.